The van der Waals surface area contributed by atoms with Gasteiger partial charge in [-0.25, -0.2) is 0 Å². The molecule has 2 nitrogen and oxygen atoms in total. The van der Waals surface area contributed by atoms with E-state index >= 15 is 0 Å². The third-order valence-corrected chi connectivity index (χ3v) is 4.89. The molecule has 100 valence electrons. The second-order valence-corrected chi connectivity index (χ2v) is 6.48. The first kappa shape index (κ1) is 13.4. The maximum atomic E-state index is 5.93. The first-order valence-corrected chi connectivity index (χ1v) is 7.73. The Morgan fingerprint density at radius 3 is 2.24 bits per heavy atom. The van der Waals surface area contributed by atoms with E-state index in [1.807, 2.05) is 0 Å². The van der Waals surface area contributed by atoms with Crippen molar-refractivity contribution in [2.45, 2.75) is 76.8 Å². The van der Waals surface area contributed by atoms with E-state index in [4.69, 9.17) is 5.73 Å². The fraction of sp³-hybridized carbons (Fsp3) is 1.00. The molecule has 0 aromatic carbocycles. The molecule has 0 bridgehead atoms. The summed E-state index contributed by atoms with van der Waals surface area (Å²) in [6, 6.07) is 1.24. The van der Waals surface area contributed by atoms with Gasteiger partial charge >= 0.3 is 0 Å². The van der Waals surface area contributed by atoms with Crippen LogP contribution in [-0.4, -0.2) is 18.6 Å². The molecule has 0 saturated heterocycles. The highest BCUT2D eigenvalue weighted by atomic mass is 14.9. The van der Waals surface area contributed by atoms with Gasteiger partial charge in [0.15, 0.2) is 0 Å². The predicted octanol–water partition coefficient (Wildman–Crippen LogP) is 3.06. The summed E-state index contributed by atoms with van der Waals surface area (Å²) in [5, 5.41) is 3.75. The molecular weight excluding hydrogens is 208 g/mol. The third-order valence-electron chi connectivity index (χ3n) is 4.89. The zero-order valence-electron chi connectivity index (χ0n) is 11.5. The van der Waals surface area contributed by atoms with Crippen LogP contribution in [0.4, 0.5) is 0 Å². The van der Waals surface area contributed by atoms with Gasteiger partial charge in [0.05, 0.1) is 0 Å². The Kier molecular flexibility index (Phi) is 5.30. The highest BCUT2D eigenvalue weighted by Gasteiger charge is 2.20. The maximum Gasteiger partial charge on any atom is 0.00682 e. The molecule has 0 aromatic rings. The van der Waals surface area contributed by atoms with Gasteiger partial charge in [0.2, 0.25) is 0 Å². The first-order chi connectivity index (χ1) is 8.24. The summed E-state index contributed by atoms with van der Waals surface area (Å²) in [5.41, 5.74) is 5.93. The van der Waals surface area contributed by atoms with Gasteiger partial charge in [0.1, 0.15) is 0 Å². The molecule has 2 heteroatoms. The van der Waals surface area contributed by atoms with E-state index in [0.717, 1.165) is 17.9 Å². The molecule has 0 radical (unpaired) electrons. The van der Waals surface area contributed by atoms with Crippen LogP contribution >= 0.6 is 0 Å². The number of hydrogen-bond donors (Lipinski definition) is 2. The Labute approximate surface area is 107 Å². The summed E-state index contributed by atoms with van der Waals surface area (Å²) in [6.45, 7) is 3.64. The molecule has 0 aromatic heterocycles. The van der Waals surface area contributed by atoms with Crippen LogP contribution in [0.1, 0.15) is 64.7 Å². The second kappa shape index (κ2) is 6.75. The average molecular weight is 238 g/mol. The van der Waals surface area contributed by atoms with Gasteiger partial charge in [0, 0.05) is 12.1 Å². The monoisotopic (exact) mass is 238 g/mol. The van der Waals surface area contributed by atoms with Crippen molar-refractivity contribution in [3.8, 4) is 0 Å². The number of rotatable bonds is 4. The van der Waals surface area contributed by atoms with Gasteiger partial charge in [-0.3, -0.25) is 0 Å². The molecule has 0 heterocycles. The summed E-state index contributed by atoms with van der Waals surface area (Å²) < 4.78 is 0. The smallest absolute Gasteiger partial charge is 0.00682 e. The van der Waals surface area contributed by atoms with E-state index in [-0.39, 0.29) is 0 Å². The summed E-state index contributed by atoms with van der Waals surface area (Å²) in [7, 11) is 0. The molecule has 3 N–H and O–H groups in total. The van der Waals surface area contributed by atoms with Crippen molar-refractivity contribution in [3.05, 3.63) is 0 Å². The molecule has 2 saturated carbocycles. The zero-order chi connectivity index (χ0) is 12.1. The zero-order valence-corrected chi connectivity index (χ0v) is 11.5. The lowest BCUT2D eigenvalue weighted by molar-refractivity contribution is 0.265. The van der Waals surface area contributed by atoms with Crippen LogP contribution in [0, 0.1) is 11.8 Å². The second-order valence-electron chi connectivity index (χ2n) is 6.48. The van der Waals surface area contributed by atoms with Crippen molar-refractivity contribution in [2.24, 2.45) is 17.6 Å². The van der Waals surface area contributed by atoms with E-state index in [1.54, 1.807) is 0 Å². The third kappa shape index (κ3) is 4.59. The van der Waals surface area contributed by atoms with Crippen LogP contribution in [0.3, 0.4) is 0 Å². The van der Waals surface area contributed by atoms with E-state index < -0.39 is 0 Å². The van der Waals surface area contributed by atoms with Gasteiger partial charge in [-0.1, -0.05) is 32.6 Å². The van der Waals surface area contributed by atoms with Gasteiger partial charge in [0.25, 0.3) is 0 Å². The fourth-order valence-electron chi connectivity index (χ4n) is 3.43. The van der Waals surface area contributed by atoms with Crippen molar-refractivity contribution in [1.82, 2.24) is 5.32 Å². The molecular formula is C15H30N2. The largest absolute Gasteiger partial charge is 0.328 e. The minimum absolute atomic E-state index is 0.480. The van der Waals surface area contributed by atoms with Crippen LogP contribution in [-0.2, 0) is 0 Å². The van der Waals surface area contributed by atoms with Crippen LogP contribution in [0.25, 0.3) is 0 Å². The number of hydrogen-bond acceptors (Lipinski definition) is 2. The quantitative estimate of drug-likeness (QED) is 0.790. The minimum Gasteiger partial charge on any atom is -0.328 e. The first-order valence-electron chi connectivity index (χ1n) is 7.73. The standard InChI is InChI=1S/C15H30N2/c1-12-2-4-13(5-3-12)10-11-17-15-8-6-14(16)7-9-15/h12-15,17H,2-11,16H2,1H3. The van der Waals surface area contributed by atoms with Gasteiger partial charge in [-0.05, 0) is 50.5 Å². The van der Waals surface area contributed by atoms with Crippen LogP contribution in [0.15, 0.2) is 0 Å². The Morgan fingerprint density at radius 2 is 1.59 bits per heavy atom. The highest BCUT2D eigenvalue weighted by Crippen LogP contribution is 2.30. The van der Waals surface area contributed by atoms with E-state index in [0.29, 0.717) is 6.04 Å². The van der Waals surface area contributed by atoms with Crippen LogP contribution in [0.5, 0.6) is 0 Å². The molecule has 2 rings (SSSR count). The molecule has 0 aliphatic heterocycles. The minimum atomic E-state index is 0.480. The molecule has 2 aliphatic rings. The van der Waals surface area contributed by atoms with E-state index in [1.165, 1.54) is 64.3 Å². The predicted molar refractivity (Wildman–Crippen MR) is 74.0 cm³/mol. The van der Waals surface area contributed by atoms with E-state index in [2.05, 4.69) is 12.2 Å². The van der Waals surface area contributed by atoms with Crippen molar-refractivity contribution >= 4 is 0 Å². The van der Waals surface area contributed by atoms with Crippen molar-refractivity contribution < 1.29 is 0 Å². The van der Waals surface area contributed by atoms with Crippen molar-refractivity contribution in [2.75, 3.05) is 6.54 Å². The SMILES string of the molecule is CC1CCC(CCNC2CCC(N)CC2)CC1. The molecule has 0 spiro atoms. The van der Waals surface area contributed by atoms with Gasteiger partial charge in [-0.15, -0.1) is 0 Å². The van der Waals surface area contributed by atoms with Gasteiger partial charge in [-0.2, -0.15) is 0 Å². The van der Waals surface area contributed by atoms with Gasteiger partial charge < -0.3 is 11.1 Å². The Hall–Kier alpha value is -0.0800. The lowest BCUT2D eigenvalue weighted by atomic mass is 9.81. The normalized spacial score (nSPS) is 39.2. The molecule has 2 aliphatic carbocycles. The lowest BCUT2D eigenvalue weighted by Crippen LogP contribution is -2.38. The maximum absolute atomic E-state index is 5.93. The summed E-state index contributed by atoms with van der Waals surface area (Å²) in [4.78, 5) is 0. The van der Waals surface area contributed by atoms with Crippen molar-refractivity contribution in [1.29, 1.82) is 0 Å². The Morgan fingerprint density at radius 1 is 0.941 bits per heavy atom. The van der Waals surface area contributed by atoms with E-state index in [9.17, 15) is 0 Å². The Bertz CT molecular complexity index is 179. The summed E-state index contributed by atoms with van der Waals surface area (Å²) in [6.07, 6.45) is 12.3. The van der Waals surface area contributed by atoms with Crippen molar-refractivity contribution in [3.63, 3.8) is 0 Å². The topological polar surface area (TPSA) is 38.0 Å². The molecule has 2 fully saturated rings. The molecule has 0 unspecified atom stereocenters. The summed E-state index contributed by atoms with van der Waals surface area (Å²) >= 11 is 0. The van der Waals surface area contributed by atoms with Crippen LogP contribution in [0.2, 0.25) is 0 Å². The summed E-state index contributed by atoms with van der Waals surface area (Å²) in [5.74, 6) is 1.99. The molecule has 0 amide bonds. The average Bonchev–Trinajstić information content (AvgIpc) is 2.34. The fourth-order valence-corrected chi connectivity index (χ4v) is 3.43. The lowest BCUT2D eigenvalue weighted by Gasteiger charge is -2.29. The Balaban J connectivity index is 1.54. The molecule has 17 heavy (non-hydrogen) atoms. The number of nitrogens with two attached hydrogens (primary N) is 1. The van der Waals surface area contributed by atoms with Crippen LogP contribution < -0.4 is 11.1 Å². The number of nitrogens with one attached hydrogen (secondary N) is 1. The molecule has 0 atom stereocenters. The highest BCUT2D eigenvalue weighted by molar-refractivity contribution is 4.79.